The third kappa shape index (κ3) is 3.41. The molecule has 0 amide bonds. The average Bonchev–Trinajstić information content (AvgIpc) is 2.84. The molecule has 26 heavy (non-hydrogen) atoms. The molecule has 1 heterocycles. The smallest absolute Gasteiger partial charge is 0.0494 e. The van der Waals surface area contributed by atoms with Crippen LogP contribution in [-0.4, -0.2) is 4.57 Å². The molecule has 1 heteroatoms. The molecule has 0 aliphatic carbocycles. The molecule has 0 saturated heterocycles. The third-order valence-corrected chi connectivity index (χ3v) is 6.13. The lowest BCUT2D eigenvalue weighted by Crippen LogP contribution is -2.29. The Morgan fingerprint density at radius 3 is 1.65 bits per heavy atom. The first-order valence-corrected chi connectivity index (χ1v) is 10.0. The number of hydrogen-bond donors (Lipinski definition) is 0. The van der Waals surface area contributed by atoms with Crippen molar-refractivity contribution in [2.24, 2.45) is 10.8 Å². The molecule has 3 rings (SSSR count). The van der Waals surface area contributed by atoms with Gasteiger partial charge in [0.2, 0.25) is 0 Å². The molecule has 0 aliphatic heterocycles. The number of aryl methyl sites for hydroxylation is 2. The van der Waals surface area contributed by atoms with Crippen LogP contribution in [0.4, 0.5) is 0 Å². The molecule has 3 aromatic rings. The zero-order valence-electron chi connectivity index (χ0n) is 17.9. The van der Waals surface area contributed by atoms with E-state index in [1.807, 2.05) is 0 Å². The highest BCUT2D eigenvalue weighted by Gasteiger charge is 2.33. The predicted molar refractivity (Wildman–Crippen MR) is 116 cm³/mol. The first-order valence-electron chi connectivity index (χ1n) is 10.0. The molecule has 1 unspecified atom stereocenters. The molecule has 1 atom stereocenters. The lowest BCUT2D eigenvalue weighted by atomic mass is 9.74. The topological polar surface area (TPSA) is 4.93 Å². The van der Waals surface area contributed by atoms with Crippen LogP contribution in [0, 0.1) is 24.7 Å². The van der Waals surface area contributed by atoms with Gasteiger partial charge in [-0.25, -0.2) is 0 Å². The van der Waals surface area contributed by atoms with Gasteiger partial charge in [0.15, 0.2) is 0 Å². The van der Waals surface area contributed by atoms with Gasteiger partial charge in [-0.3, -0.25) is 0 Å². The minimum atomic E-state index is 0.196. The van der Waals surface area contributed by atoms with Crippen LogP contribution in [0.5, 0.6) is 0 Å². The minimum absolute atomic E-state index is 0.196. The molecule has 1 nitrogen and oxygen atoms in total. The van der Waals surface area contributed by atoms with Gasteiger partial charge >= 0.3 is 0 Å². The summed E-state index contributed by atoms with van der Waals surface area (Å²) in [5.74, 6) is 0. The van der Waals surface area contributed by atoms with Crippen LogP contribution in [0.2, 0.25) is 0 Å². The summed E-state index contributed by atoms with van der Waals surface area (Å²) in [5, 5.41) is 2.79. The van der Waals surface area contributed by atoms with Crippen molar-refractivity contribution in [2.75, 3.05) is 0 Å². The van der Waals surface area contributed by atoms with Crippen LogP contribution < -0.4 is 0 Å². The maximum atomic E-state index is 2.64. The predicted octanol–water partition coefficient (Wildman–Crippen LogP) is 7.82. The lowest BCUT2D eigenvalue weighted by molar-refractivity contribution is 0.163. The monoisotopic (exact) mass is 349 g/mol. The highest BCUT2D eigenvalue weighted by molar-refractivity contribution is 6.08. The Bertz CT molecular complexity index is 875. The van der Waals surface area contributed by atoms with Crippen LogP contribution in [0.25, 0.3) is 21.8 Å². The van der Waals surface area contributed by atoms with E-state index in [2.05, 4.69) is 96.4 Å². The molecule has 0 spiro atoms. The highest BCUT2D eigenvalue weighted by Crippen LogP contribution is 2.45. The second-order valence-corrected chi connectivity index (χ2v) is 10.0. The summed E-state index contributed by atoms with van der Waals surface area (Å²) in [7, 11) is 0. The number of nitrogens with zero attached hydrogens (tertiary/aromatic N) is 1. The van der Waals surface area contributed by atoms with Gasteiger partial charge < -0.3 is 4.57 Å². The first-order chi connectivity index (χ1) is 12.0. The van der Waals surface area contributed by atoms with Gasteiger partial charge in [0.1, 0.15) is 0 Å². The Kier molecular flexibility index (Phi) is 4.71. The fourth-order valence-corrected chi connectivity index (χ4v) is 4.07. The SMILES string of the molecule is CCC(C)(C)CC(n1c2ccc(C)cc2c2cc(C)ccc21)C(C)(C)C. The maximum absolute atomic E-state index is 2.64. The summed E-state index contributed by atoms with van der Waals surface area (Å²) >= 11 is 0. The van der Waals surface area contributed by atoms with Crippen LogP contribution in [0.1, 0.15) is 71.6 Å². The summed E-state index contributed by atoms with van der Waals surface area (Å²) in [6.07, 6.45) is 2.39. The van der Waals surface area contributed by atoms with E-state index < -0.39 is 0 Å². The number of aromatic nitrogens is 1. The Labute approximate surface area is 159 Å². The molecule has 140 valence electrons. The van der Waals surface area contributed by atoms with E-state index in [0.29, 0.717) is 11.5 Å². The molecule has 0 radical (unpaired) electrons. The Morgan fingerprint density at radius 1 is 0.808 bits per heavy atom. The minimum Gasteiger partial charge on any atom is -0.337 e. The fraction of sp³-hybridized carbons (Fsp3) is 0.520. The van der Waals surface area contributed by atoms with Crippen LogP contribution in [0.15, 0.2) is 36.4 Å². The number of benzene rings is 2. The van der Waals surface area contributed by atoms with Crippen LogP contribution >= 0.6 is 0 Å². The summed E-state index contributed by atoms with van der Waals surface area (Å²) in [5.41, 5.74) is 5.95. The number of rotatable bonds is 4. The van der Waals surface area contributed by atoms with E-state index in [9.17, 15) is 0 Å². The first kappa shape index (κ1) is 19.0. The van der Waals surface area contributed by atoms with Gasteiger partial charge in [-0.1, -0.05) is 71.2 Å². The molecular weight excluding hydrogens is 314 g/mol. The average molecular weight is 350 g/mol. The van der Waals surface area contributed by atoms with Crippen molar-refractivity contribution in [2.45, 2.75) is 74.3 Å². The van der Waals surface area contributed by atoms with Crippen molar-refractivity contribution in [1.82, 2.24) is 4.57 Å². The lowest BCUT2D eigenvalue weighted by Gasteiger charge is -2.39. The number of hydrogen-bond acceptors (Lipinski definition) is 0. The Morgan fingerprint density at radius 2 is 1.27 bits per heavy atom. The van der Waals surface area contributed by atoms with E-state index in [4.69, 9.17) is 0 Å². The van der Waals surface area contributed by atoms with Crippen molar-refractivity contribution in [3.8, 4) is 0 Å². The quantitative estimate of drug-likeness (QED) is 0.452. The van der Waals surface area contributed by atoms with E-state index in [-0.39, 0.29) is 5.41 Å². The molecule has 0 saturated carbocycles. The van der Waals surface area contributed by atoms with E-state index in [1.165, 1.54) is 45.8 Å². The van der Waals surface area contributed by atoms with Gasteiger partial charge in [-0.2, -0.15) is 0 Å². The van der Waals surface area contributed by atoms with E-state index in [0.717, 1.165) is 0 Å². The second-order valence-electron chi connectivity index (χ2n) is 10.0. The standard InChI is InChI=1S/C25H35N/c1-9-25(7,8)16-23(24(4,5)6)26-21-12-10-17(2)14-19(21)20-15-18(3)11-13-22(20)26/h10-15,23H,9,16H2,1-8H3. The number of fused-ring (bicyclic) bond motifs is 3. The zero-order valence-corrected chi connectivity index (χ0v) is 17.9. The van der Waals surface area contributed by atoms with E-state index in [1.54, 1.807) is 0 Å². The second kappa shape index (κ2) is 6.44. The third-order valence-electron chi connectivity index (χ3n) is 6.13. The molecule has 2 aromatic carbocycles. The fourth-order valence-electron chi connectivity index (χ4n) is 4.07. The summed E-state index contributed by atoms with van der Waals surface area (Å²) in [6, 6.07) is 14.4. The molecular formula is C25H35N. The van der Waals surface area contributed by atoms with Crippen LogP contribution in [0.3, 0.4) is 0 Å². The Hall–Kier alpha value is -1.76. The summed E-state index contributed by atoms with van der Waals surface area (Å²) < 4.78 is 2.64. The van der Waals surface area contributed by atoms with E-state index >= 15 is 0 Å². The molecule has 0 bridgehead atoms. The van der Waals surface area contributed by atoms with Crippen molar-refractivity contribution in [3.63, 3.8) is 0 Å². The molecule has 0 fully saturated rings. The zero-order chi connectivity index (χ0) is 19.3. The Balaban J connectivity index is 2.36. The van der Waals surface area contributed by atoms with Crippen LogP contribution in [-0.2, 0) is 0 Å². The van der Waals surface area contributed by atoms with Crippen molar-refractivity contribution >= 4 is 21.8 Å². The highest BCUT2D eigenvalue weighted by atomic mass is 15.0. The van der Waals surface area contributed by atoms with Gasteiger partial charge in [0, 0.05) is 27.8 Å². The van der Waals surface area contributed by atoms with Crippen molar-refractivity contribution in [1.29, 1.82) is 0 Å². The van der Waals surface area contributed by atoms with Crippen molar-refractivity contribution in [3.05, 3.63) is 47.5 Å². The van der Waals surface area contributed by atoms with Gasteiger partial charge in [-0.15, -0.1) is 0 Å². The largest absolute Gasteiger partial charge is 0.337 e. The van der Waals surface area contributed by atoms with Gasteiger partial charge in [0.05, 0.1) is 0 Å². The maximum Gasteiger partial charge on any atom is 0.0494 e. The molecule has 1 aromatic heterocycles. The summed E-state index contributed by atoms with van der Waals surface area (Å²) in [4.78, 5) is 0. The normalized spacial score (nSPS) is 14.3. The van der Waals surface area contributed by atoms with Gasteiger partial charge in [-0.05, 0) is 55.4 Å². The molecule has 0 N–H and O–H groups in total. The molecule has 0 aliphatic rings. The summed E-state index contributed by atoms with van der Waals surface area (Å²) in [6.45, 7) is 18.7. The van der Waals surface area contributed by atoms with Gasteiger partial charge in [0.25, 0.3) is 0 Å². The van der Waals surface area contributed by atoms with Crippen molar-refractivity contribution < 1.29 is 0 Å².